The molecule has 18 heavy (non-hydrogen) atoms. The summed E-state index contributed by atoms with van der Waals surface area (Å²) >= 11 is 1.38. The Balaban J connectivity index is 2.05. The third-order valence-corrected chi connectivity index (χ3v) is 3.31. The van der Waals surface area contributed by atoms with Crippen LogP contribution >= 0.6 is 11.3 Å². The van der Waals surface area contributed by atoms with Gasteiger partial charge in [0.05, 0.1) is 6.04 Å². The van der Waals surface area contributed by atoms with Crippen LogP contribution in [0.25, 0.3) is 0 Å². The lowest BCUT2D eigenvalue weighted by atomic mass is 10.3. The Labute approximate surface area is 108 Å². The second-order valence-corrected chi connectivity index (χ2v) is 4.77. The number of hydrogen-bond acceptors (Lipinski definition) is 6. The number of rotatable bonds is 4. The Morgan fingerprint density at radius 1 is 1.67 bits per heavy atom. The zero-order valence-corrected chi connectivity index (χ0v) is 10.9. The Morgan fingerprint density at radius 3 is 3.00 bits per heavy atom. The van der Waals surface area contributed by atoms with Crippen molar-refractivity contribution in [1.82, 2.24) is 25.1 Å². The van der Waals surface area contributed by atoms with E-state index in [9.17, 15) is 4.79 Å². The fourth-order valence-electron chi connectivity index (χ4n) is 1.53. The molecule has 0 radical (unpaired) electrons. The predicted molar refractivity (Wildman–Crippen MR) is 66.9 cm³/mol. The molecule has 0 fully saturated rings. The SMILES string of the molecule is CC(NC(=O)c1csc(CN)n1)c1nncn1C. The summed E-state index contributed by atoms with van der Waals surface area (Å²) in [5, 5.41) is 13.0. The van der Waals surface area contributed by atoms with E-state index < -0.39 is 0 Å². The van der Waals surface area contributed by atoms with Crippen molar-refractivity contribution in [2.75, 3.05) is 0 Å². The van der Waals surface area contributed by atoms with E-state index in [-0.39, 0.29) is 11.9 Å². The second kappa shape index (κ2) is 5.23. The van der Waals surface area contributed by atoms with Crippen LogP contribution in [-0.4, -0.2) is 25.7 Å². The van der Waals surface area contributed by atoms with Crippen LogP contribution in [0, 0.1) is 0 Å². The first-order valence-electron chi connectivity index (χ1n) is 5.41. The lowest BCUT2D eigenvalue weighted by Crippen LogP contribution is -2.28. The summed E-state index contributed by atoms with van der Waals surface area (Å²) in [6.07, 6.45) is 1.59. The van der Waals surface area contributed by atoms with Crippen molar-refractivity contribution in [3.05, 3.63) is 28.2 Å². The van der Waals surface area contributed by atoms with Crippen LogP contribution in [0.5, 0.6) is 0 Å². The summed E-state index contributed by atoms with van der Waals surface area (Å²) in [4.78, 5) is 16.0. The molecule has 1 unspecified atom stereocenters. The standard InChI is InChI=1S/C10H14N6OS/c1-6(9-15-12-5-16(9)2)13-10(17)7-4-18-8(3-11)14-7/h4-6H,3,11H2,1-2H3,(H,13,17). The zero-order chi connectivity index (χ0) is 13.1. The van der Waals surface area contributed by atoms with Crippen molar-refractivity contribution in [2.45, 2.75) is 19.5 Å². The lowest BCUT2D eigenvalue weighted by molar-refractivity contribution is 0.0933. The summed E-state index contributed by atoms with van der Waals surface area (Å²) in [5.74, 6) is 0.457. The number of nitrogens with zero attached hydrogens (tertiary/aromatic N) is 4. The molecule has 1 amide bonds. The van der Waals surface area contributed by atoms with Gasteiger partial charge in [0, 0.05) is 19.0 Å². The molecule has 0 aliphatic rings. The van der Waals surface area contributed by atoms with Crippen LogP contribution < -0.4 is 11.1 Å². The molecule has 2 aromatic heterocycles. The van der Waals surface area contributed by atoms with Gasteiger partial charge >= 0.3 is 0 Å². The van der Waals surface area contributed by atoms with Gasteiger partial charge in [0.15, 0.2) is 5.82 Å². The Kier molecular flexibility index (Phi) is 3.68. The fourth-order valence-corrected chi connectivity index (χ4v) is 2.18. The van der Waals surface area contributed by atoms with E-state index in [0.29, 0.717) is 18.1 Å². The van der Waals surface area contributed by atoms with E-state index in [2.05, 4.69) is 20.5 Å². The number of thiazole rings is 1. The first-order valence-corrected chi connectivity index (χ1v) is 6.29. The third kappa shape index (κ3) is 2.54. The molecule has 0 aliphatic heterocycles. The van der Waals surface area contributed by atoms with Crippen LogP contribution in [0.1, 0.15) is 34.3 Å². The van der Waals surface area contributed by atoms with Crippen LogP contribution in [-0.2, 0) is 13.6 Å². The molecular weight excluding hydrogens is 252 g/mol. The van der Waals surface area contributed by atoms with E-state index in [1.165, 1.54) is 11.3 Å². The lowest BCUT2D eigenvalue weighted by Gasteiger charge is -2.11. The van der Waals surface area contributed by atoms with Gasteiger partial charge in [-0.25, -0.2) is 4.98 Å². The van der Waals surface area contributed by atoms with Gasteiger partial charge in [-0.2, -0.15) is 0 Å². The van der Waals surface area contributed by atoms with Gasteiger partial charge in [-0.15, -0.1) is 21.5 Å². The number of hydrogen-bond donors (Lipinski definition) is 2. The number of aromatic nitrogens is 4. The van der Waals surface area contributed by atoms with E-state index in [0.717, 1.165) is 5.01 Å². The van der Waals surface area contributed by atoms with Gasteiger partial charge in [0.25, 0.3) is 5.91 Å². The molecule has 2 heterocycles. The molecule has 0 aromatic carbocycles. The highest BCUT2D eigenvalue weighted by molar-refractivity contribution is 7.09. The fraction of sp³-hybridized carbons (Fsp3) is 0.400. The van der Waals surface area contributed by atoms with E-state index >= 15 is 0 Å². The zero-order valence-electron chi connectivity index (χ0n) is 10.1. The minimum absolute atomic E-state index is 0.229. The topological polar surface area (TPSA) is 98.7 Å². The molecule has 8 heteroatoms. The number of carbonyl (C=O) groups is 1. The molecule has 7 nitrogen and oxygen atoms in total. The molecule has 2 aromatic rings. The molecule has 0 bridgehead atoms. The smallest absolute Gasteiger partial charge is 0.271 e. The number of amides is 1. The molecular formula is C10H14N6OS. The minimum Gasteiger partial charge on any atom is -0.341 e. The molecule has 0 saturated heterocycles. The van der Waals surface area contributed by atoms with E-state index in [1.807, 2.05) is 14.0 Å². The highest BCUT2D eigenvalue weighted by atomic mass is 32.1. The summed E-state index contributed by atoms with van der Waals surface area (Å²) in [7, 11) is 1.83. The van der Waals surface area contributed by atoms with Crippen LogP contribution in [0.15, 0.2) is 11.7 Å². The third-order valence-electron chi connectivity index (χ3n) is 2.44. The van der Waals surface area contributed by atoms with Gasteiger partial charge in [-0.05, 0) is 6.92 Å². The quantitative estimate of drug-likeness (QED) is 0.825. The van der Waals surface area contributed by atoms with E-state index in [1.54, 1.807) is 16.3 Å². The Bertz CT molecular complexity index is 548. The first-order chi connectivity index (χ1) is 8.61. The number of nitrogens with two attached hydrogens (primary N) is 1. The van der Waals surface area contributed by atoms with Crippen molar-refractivity contribution in [1.29, 1.82) is 0 Å². The number of nitrogens with one attached hydrogen (secondary N) is 1. The summed E-state index contributed by atoms with van der Waals surface area (Å²) in [6, 6.07) is -0.229. The Morgan fingerprint density at radius 2 is 2.44 bits per heavy atom. The van der Waals surface area contributed by atoms with Crippen molar-refractivity contribution >= 4 is 17.2 Å². The monoisotopic (exact) mass is 266 g/mol. The normalized spacial score (nSPS) is 12.4. The molecule has 3 N–H and O–H groups in total. The van der Waals surface area contributed by atoms with Gasteiger partial charge < -0.3 is 15.6 Å². The van der Waals surface area contributed by atoms with Crippen LogP contribution in [0.2, 0.25) is 0 Å². The number of aryl methyl sites for hydroxylation is 1. The first kappa shape index (κ1) is 12.7. The average Bonchev–Trinajstić information content (AvgIpc) is 2.96. The number of carbonyl (C=O) groups excluding carboxylic acids is 1. The predicted octanol–water partition coefficient (Wildman–Crippen LogP) is 0.221. The summed E-state index contributed by atoms with van der Waals surface area (Å²) in [5.41, 5.74) is 5.84. The second-order valence-electron chi connectivity index (χ2n) is 3.83. The molecule has 1 atom stereocenters. The summed E-state index contributed by atoms with van der Waals surface area (Å²) in [6.45, 7) is 2.19. The highest BCUT2D eigenvalue weighted by Gasteiger charge is 2.17. The maximum atomic E-state index is 11.9. The van der Waals surface area contributed by atoms with Gasteiger partial charge in [0.1, 0.15) is 17.0 Å². The average molecular weight is 266 g/mol. The van der Waals surface area contributed by atoms with Gasteiger partial charge in [-0.1, -0.05) is 0 Å². The minimum atomic E-state index is -0.235. The van der Waals surface area contributed by atoms with Gasteiger partial charge in [0.2, 0.25) is 0 Å². The van der Waals surface area contributed by atoms with Crippen molar-refractivity contribution in [3.8, 4) is 0 Å². The van der Waals surface area contributed by atoms with Crippen LogP contribution in [0.3, 0.4) is 0 Å². The van der Waals surface area contributed by atoms with Gasteiger partial charge in [-0.3, -0.25) is 4.79 Å². The molecule has 0 aliphatic carbocycles. The molecule has 96 valence electrons. The molecule has 0 saturated carbocycles. The van der Waals surface area contributed by atoms with Crippen LogP contribution in [0.4, 0.5) is 0 Å². The highest BCUT2D eigenvalue weighted by Crippen LogP contribution is 2.12. The van der Waals surface area contributed by atoms with E-state index in [4.69, 9.17) is 5.73 Å². The van der Waals surface area contributed by atoms with Crippen molar-refractivity contribution < 1.29 is 4.79 Å². The molecule has 0 spiro atoms. The maximum Gasteiger partial charge on any atom is 0.271 e. The van der Waals surface area contributed by atoms with Crippen molar-refractivity contribution in [2.24, 2.45) is 12.8 Å². The van der Waals surface area contributed by atoms with Crippen molar-refractivity contribution in [3.63, 3.8) is 0 Å². The maximum absolute atomic E-state index is 11.9. The molecule has 2 rings (SSSR count). The Hall–Kier alpha value is -1.80. The largest absolute Gasteiger partial charge is 0.341 e. The summed E-state index contributed by atoms with van der Waals surface area (Å²) < 4.78 is 1.76.